The number of nitrogens with one attached hydrogen (secondary N) is 1. The Morgan fingerprint density at radius 3 is 3.12 bits per heavy atom. The first kappa shape index (κ1) is 16.7. The molecule has 128 valence electrons. The molecule has 0 aliphatic carbocycles. The van der Waals surface area contributed by atoms with Crippen molar-refractivity contribution in [2.75, 3.05) is 26.7 Å². The molecule has 1 amide bonds. The first-order valence-electron chi connectivity index (χ1n) is 8.36. The molecule has 0 spiro atoms. The summed E-state index contributed by atoms with van der Waals surface area (Å²) in [6.45, 7) is 2.51. The molecule has 2 heterocycles. The Hall–Kier alpha value is -2.18. The molecule has 2 aromatic rings. The van der Waals surface area contributed by atoms with E-state index in [0.717, 1.165) is 30.7 Å². The Morgan fingerprint density at radius 2 is 2.38 bits per heavy atom. The first-order valence-corrected chi connectivity index (χ1v) is 8.36. The molecule has 3 rings (SSSR count). The van der Waals surface area contributed by atoms with Crippen molar-refractivity contribution in [3.05, 3.63) is 48.3 Å². The molecule has 0 radical (unpaired) electrons. The maximum atomic E-state index is 12.0. The number of amides is 1. The second-order valence-electron chi connectivity index (χ2n) is 6.23. The predicted octanol–water partition coefficient (Wildman–Crippen LogP) is 1.60. The Balaban J connectivity index is 1.48. The number of hydrogen-bond acceptors (Lipinski definition) is 4. The fraction of sp³-hybridized carbons (Fsp3) is 0.444. The van der Waals surface area contributed by atoms with Crippen LogP contribution in [-0.2, 0) is 16.1 Å². The van der Waals surface area contributed by atoms with Crippen molar-refractivity contribution >= 4 is 5.91 Å². The normalized spacial score (nSPS) is 17.3. The monoisotopic (exact) mass is 328 g/mol. The first-order chi connectivity index (χ1) is 11.7. The molecular weight excluding hydrogens is 304 g/mol. The van der Waals surface area contributed by atoms with Crippen LogP contribution in [-0.4, -0.2) is 53.4 Å². The average Bonchev–Trinajstić information content (AvgIpc) is 3.27. The molecule has 1 aliphatic rings. The fourth-order valence-electron chi connectivity index (χ4n) is 2.92. The van der Waals surface area contributed by atoms with Crippen LogP contribution in [0.15, 0.2) is 42.7 Å². The molecule has 6 nitrogen and oxygen atoms in total. The van der Waals surface area contributed by atoms with Gasteiger partial charge in [-0.25, -0.2) is 4.68 Å². The number of aromatic nitrogens is 2. The van der Waals surface area contributed by atoms with E-state index in [1.807, 2.05) is 41.0 Å². The molecule has 1 saturated heterocycles. The zero-order valence-corrected chi connectivity index (χ0v) is 14.0. The number of nitrogens with zero attached hydrogens (tertiary/aromatic N) is 3. The van der Waals surface area contributed by atoms with Crippen LogP contribution in [0.1, 0.15) is 18.4 Å². The van der Waals surface area contributed by atoms with Crippen LogP contribution in [0.3, 0.4) is 0 Å². The van der Waals surface area contributed by atoms with Gasteiger partial charge in [0.15, 0.2) is 0 Å². The highest BCUT2D eigenvalue weighted by Crippen LogP contribution is 2.12. The third kappa shape index (κ3) is 4.66. The summed E-state index contributed by atoms with van der Waals surface area (Å²) in [5, 5.41) is 7.20. The largest absolute Gasteiger partial charge is 0.376 e. The Morgan fingerprint density at radius 1 is 1.46 bits per heavy atom. The van der Waals surface area contributed by atoms with Gasteiger partial charge in [0.2, 0.25) is 5.91 Å². The minimum absolute atomic E-state index is 0.0382. The second-order valence-corrected chi connectivity index (χ2v) is 6.23. The summed E-state index contributed by atoms with van der Waals surface area (Å²) in [5.74, 6) is 0.0382. The Labute approximate surface area is 142 Å². The van der Waals surface area contributed by atoms with Gasteiger partial charge in [-0.3, -0.25) is 9.69 Å². The number of carbonyl (C=O) groups excluding carboxylic acids is 1. The number of hydrogen-bond donors (Lipinski definition) is 1. The maximum absolute atomic E-state index is 12.0. The molecule has 1 atom stereocenters. The van der Waals surface area contributed by atoms with Gasteiger partial charge in [0.25, 0.3) is 0 Å². The number of likely N-dealkylation sites (N-methyl/N-ethyl adjacent to an activating group) is 1. The van der Waals surface area contributed by atoms with E-state index in [0.29, 0.717) is 19.6 Å². The molecule has 6 heteroatoms. The van der Waals surface area contributed by atoms with Crippen molar-refractivity contribution in [3.63, 3.8) is 0 Å². The molecule has 24 heavy (non-hydrogen) atoms. The standard InChI is InChI=1S/C18H24N4O2/c1-21(14-18(23)19-12-17-7-3-10-24-17)13-15-5-2-6-16(11-15)22-9-4-8-20-22/h2,4-6,8-9,11,17H,3,7,10,12-14H2,1H3,(H,19,23). The van der Waals surface area contributed by atoms with Gasteiger partial charge in [0.1, 0.15) is 0 Å². The van der Waals surface area contributed by atoms with Gasteiger partial charge < -0.3 is 10.1 Å². The van der Waals surface area contributed by atoms with Crippen LogP contribution < -0.4 is 5.32 Å². The zero-order valence-electron chi connectivity index (χ0n) is 14.0. The molecule has 1 aromatic carbocycles. The van der Waals surface area contributed by atoms with Gasteiger partial charge in [0, 0.05) is 32.1 Å². The summed E-state index contributed by atoms with van der Waals surface area (Å²) in [6.07, 6.45) is 5.99. The van der Waals surface area contributed by atoms with E-state index in [1.165, 1.54) is 0 Å². The molecule has 1 aromatic heterocycles. The average molecular weight is 328 g/mol. The number of rotatable bonds is 7. The van der Waals surface area contributed by atoms with Gasteiger partial charge >= 0.3 is 0 Å². The second kappa shape index (κ2) is 8.08. The van der Waals surface area contributed by atoms with Crippen molar-refractivity contribution in [1.29, 1.82) is 0 Å². The minimum Gasteiger partial charge on any atom is -0.376 e. The van der Waals surface area contributed by atoms with Crippen molar-refractivity contribution in [2.24, 2.45) is 0 Å². The summed E-state index contributed by atoms with van der Waals surface area (Å²) in [5.41, 5.74) is 2.17. The topological polar surface area (TPSA) is 59.4 Å². The van der Waals surface area contributed by atoms with E-state index >= 15 is 0 Å². The molecule has 1 unspecified atom stereocenters. The SMILES string of the molecule is CN(CC(=O)NCC1CCCO1)Cc1cccc(-n2cccn2)c1. The highest BCUT2D eigenvalue weighted by Gasteiger charge is 2.16. The lowest BCUT2D eigenvalue weighted by molar-refractivity contribution is -0.122. The van der Waals surface area contributed by atoms with Crippen molar-refractivity contribution in [1.82, 2.24) is 20.0 Å². The summed E-state index contributed by atoms with van der Waals surface area (Å²) < 4.78 is 7.35. The van der Waals surface area contributed by atoms with E-state index in [-0.39, 0.29) is 12.0 Å². The summed E-state index contributed by atoms with van der Waals surface area (Å²) in [4.78, 5) is 14.0. The van der Waals surface area contributed by atoms with Crippen molar-refractivity contribution < 1.29 is 9.53 Å². The van der Waals surface area contributed by atoms with Crippen molar-refractivity contribution in [2.45, 2.75) is 25.5 Å². The van der Waals surface area contributed by atoms with Crippen LogP contribution in [0.25, 0.3) is 5.69 Å². The van der Waals surface area contributed by atoms with Crippen LogP contribution in [0.4, 0.5) is 0 Å². The lowest BCUT2D eigenvalue weighted by Gasteiger charge is -2.18. The van der Waals surface area contributed by atoms with Gasteiger partial charge in [-0.15, -0.1) is 0 Å². The van der Waals surface area contributed by atoms with Crippen LogP contribution in [0.5, 0.6) is 0 Å². The highest BCUT2D eigenvalue weighted by molar-refractivity contribution is 5.78. The molecule has 0 saturated carbocycles. The van der Waals surface area contributed by atoms with Gasteiger partial charge in [-0.1, -0.05) is 12.1 Å². The molecular formula is C18H24N4O2. The zero-order chi connectivity index (χ0) is 16.8. The highest BCUT2D eigenvalue weighted by atomic mass is 16.5. The van der Waals surface area contributed by atoms with E-state index in [9.17, 15) is 4.79 Å². The van der Waals surface area contributed by atoms with Crippen molar-refractivity contribution in [3.8, 4) is 5.69 Å². The number of benzene rings is 1. The van der Waals surface area contributed by atoms with E-state index in [4.69, 9.17) is 4.74 Å². The van der Waals surface area contributed by atoms with Gasteiger partial charge in [-0.2, -0.15) is 5.10 Å². The Bertz CT molecular complexity index is 651. The summed E-state index contributed by atoms with van der Waals surface area (Å²) >= 11 is 0. The third-order valence-electron chi connectivity index (χ3n) is 4.10. The molecule has 1 fully saturated rings. The van der Waals surface area contributed by atoms with Crippen LogP contribution in [0.2, 0.25) is 0 Å². The molecule has 0 bridgehead atoms. The van der Waals surface area contributed by atoms with Crippen LogP contribution >= 0.6 is 0 Å². The summed E-state index contributed by atoms with van der Waals surface area (Å²) in [6, 6.07) is 10.1. The van der Waals surface area contributed by atoms with E-state index in [1.54, 1.807) is 6.20 Å². The Kier molecular flexibility index (Phi) is 5.61. The van der Waals surface area contributed by atoms with E-state index < -0.39 is 0 Å². The number of carbonyl (C=O) groups is 1. The minimum atomic E-state index is 0.0382. The molecule has 1 aliphatic heterocycles. The smallest absolute Gasteiger partial charge is 0.234 e. The lowest BCUT2D eigenvalue weighted by atomic mass is 10.2. The molecule has 1 N–H and O–H groups in total. The predicted molar refractivity (Wildman–Crippen MR) is 91.9 cm³/mol. The van der Waals surface area contributed by atoms with Gasteiger partial charge in [-0.05, 0) is 43.7 Å². The lowest BCUT2D eigenvalue weighted by Crippen LogP contribution is -2.38. The fourth-order valence-corrected chi connectivity index (χ4v) is 2.92. The quantitative estimate of drug-likeness (QED) is 0.839. The third-order valence-corrected chi connectivity index (χ3v) is 4.10. The van der Waals surface area contributed by atoms with Gasteiger partial charge in [0.05, 0.1) is 18.3 Å². The summed E-state index contributed by atoms with van der Waals surface area (Å²) in [7, 11) is 1.95. The van der Waals surface area contributed by atoms with E-state index in [2.05, 4.69) is 22.5 Å². The number of ether oxygens (including phenoxy) is 1. The maximum Gasteiger partial charge on any atom is 0.234 e. The van der Waals surface area contributed by atoms with Crippen LogP contribution in [0, 0.1) is 0 Å².